The Morgan fingerprint density at radius 2 is 1.89 bits per heavy atom. The highest BCUT2D eigenvalue weighted by molar-refractivity contribution is 5.83. The van der Waals surface area contributed by atoms with Crippen molar-refractivity contribution in [3.05, 3.63) is 60.3 Å². The van der Waals surface area contributed by atoms with E-state index >= 15 is 0 Å². The standard InChI is InChI=1S/C15H15N3/c1-2-12-5-3-6-13-7-10-18(15(12)13)11-14-16-8-4-9-17-14/h3-10H,2,11H2,1H3. The van der Waals surface area contributed by atoms with Crippen LogP contribution in [0.15, 0.2) is 48.9 Å². The first kappa shape index (κ1) is 11.0. The molecule has 0 saturated heterocycles. The van der Waals surface area contributed by atoms with E-state index in [9.17, 15) is 0 Å². The monoisotopic (exact) mass is 237 g/mol. The van der Waals surface area contributed by atoms with Crippen molar-refractivity contribution in [3.8, 4) is 0 Å². The summed E-state index contributed by atoms with van der Waals surface area (Å²) in [6.07, 6.45) is 6.72. The molecule has 0 saturated carbocycles. The Morgan fingerprint density at radius 3 is 2.67 bits per heavy atom. The van der Waals surface area contributed by atoms with E-state index in [2.05, 4.69) is 51.9 Å². The average molecular weight is 237 g/mol. The molecule has 0 aliphatic heterocycles. The van der Waals surface area contributed by atoms with Gasteiger partial charge in [-0.15, -0.1) is 0 Å². The fourth-order valence-electron chi connectivity index (χ4n) is 2.32. The van der Waals surface area contributed by atoms with Crippen LogP contribution in [-0.2, 0) is 13.0 Å². The van der Waals surface area contributed by atoms with Crippen molar-refractivity contribution in [3.63, 3.8) is 0 Å². The van der Waals surface area contributed by atoms with Gasteiger partial charge in [0.25, 0.3) is 0 Å². The third-order valence-corrected chi connectivity index (χ3v) is 3.18. The molecule has 2 aromatic heterocycles. The Bertz CT molecular complexity index is 656. The fraction of sp³-hybridized carbons (Fsp3) is 0.200. The number of fused-ring (bicyclic) bond motifs is 1. The maximum atomic E-state index is 4.28. The van der Waals surface area contributed by atoms with Crippen molar-refractivity contribution < 1.29 is 0 Å². The number of benzene rings is 1. The number of nitrogens with zero attached hydrogens (tertiary/aromatic N) is 3. The summed E-state index contributed by atoms with van der Waals surface area (Å²) in [5.74, 6) is 0.848. The predicted molar refractivity (Wildman–Crippen MR) is 72.5 cm³/mol. The summed E-state index contributed by atoms with van der Waals surface area (Å²) >= 11 is 0. The van der Waals surface area contributed by atoms with Gasteiger partial charge in [0.15, 0.2) is 0 Å². The Labute approximate surface area is 106 Å². The van der Waals surface area contributed by atoms with E-state index < -0.39 is 0 Å². The molecule has 0 amide bonds. The first-order valence-electron chi connectivity index (χ1n) is 6.21. The summed E-state index contributed by atoms with van der Waals surface area (Å²) < 4.78 is 2.23. The lowest BCUT2D eigenvalue weighted by atomic mass is 10.1. The molecule has 0 aliphatic rings. The van der Waals surface area contributed by atoms with Gasteiger partial charge in [0.2, 0.25) is 0 Å². The molecule has 3 nitrogen and oxygen atoms in total. The molecule has 0 spiro atoms. The Kier molecular flexibility index (Phi) is 2.81. The van der Waals surface area contributed by atoms with E-state index in [0.717, 1.165) is 18.8 Å². The van der Waals surface area contributed by atoms with Crippen molar-refractivity contribution in [1.82, 2.24) is 14.5 Å². The van der Waals surface area contributed by atoms with E-state index in [1.807, 2.05) is 6.07 Å². The highest BCUT2D eigenvalue weighted by Crippen LogP contribution is 2.21. The molecule has 3 rings (SSSR count). The molecule has 18 heavy (non-hydrogen) atoms. The molecule has 2 heterocycles. The summed E-state index contributed by atoms with van der Waals surface area (Å²) in [6.45, 7) is 2.91. The zero-order valence-electron chi connectivity index (χ0n) is 10.4. The highest BCUT2D eigenvalue weighted by Gasteiger charge is 2.06. The van der Waals surface area contributed by atoms with Gasteiger partial charge in [0.05, 0.1) is 12.1 Å². The molecular formula is C15H15N3. The van der Waals surface area contributed by atoms with Crippen LogP contribution in [0.25, 0.3) is 10.9 Å². The molecule has 0 fully saturated rings. The van der Waals surface area contributed by atoms with Gasteiger partial charge in [0, 0.05) is 18.6 Å². The van der Waals surface area contributed by atoms with Crippen LogP contribution < -0.4 is 0 Å². The topological polar surface area (TPSA) is 30.7 Å². The van der Waals surface area contributed by atoms with Crippen LogP contribution in [0.3, 0.4) is 0 Å². The number of hydrogen-bond donors (Lipinski definition) is 0. The molecule has 90 valence electrons. The Hall–Kier alpha value is -2.16. The lowest BCUT2D eigenvalue weighted by Gasteiger charge is -2.07. The van der Waals surface area contributed by atoms with Crippen LogP contribution in [0.4, 0.5) is 0 Å². The summed E-state index contributed by atoms with van der Waals surface area (Å²) in [4.78, 5) is 8.57. The SMILES string of the molecule is CCc1cccc2ccn(Cc3ncccn3)c12. The lowest BCUT2D eigenvalue weighted by molar-refractivity contribution is 0.768. The molecule has 0 aliphatic carbocycles. The number of hydrogen-bond acceptors (Lipinski definition) is 2. The van der Waals surface area contributed by atoms with Crippen molar-refractivity contribution in [1.29, 1.82) is 0 Å². The van der Waals surface area contributed by atoms with Crippen molar-refractivity contribution in [2.75, 3.05) is 0 Å². The summed E-state index contributed by atoms with van der Waals surface area (Å²) in [6, 6.07) is 10.4. The highest BCUT2D eigenvalue weighted by atomic mass is 15.0. The molecule has 1 aromatic carbocycles. The molecule has 0 N–H and O–H groups in total. The van der Waals surface area contributed by atoms with Gasteiger partial charge in [-0.05, 0) is 29.5 Å². The minimum Gasteiger partial charge on any atom is -0.340 e. The van der Waals surface area contributed by atoms with Crippen LogP contribution >= 0.6 is 0 Å². The van der Waals surface area contributed by atoms with Gasteiger partial charge in [-0.25, -0.2) is 9.97 Å². The predicted octanol–water partition coefficient (Wildman–Crippen LogP) is 3.04. The van der Waals surface area contributed by atoms with E-state index in [1.165, 1.54) is 16.5 Å². The third kappa shape index (κ3) is 1.88. The maximum absolute atomic E-state index is 4.28. The molecule has 0 bridgehead atoms. The van der Waals surface area contributed by atoms with Crippen LogP contribution in [-0.4, -0.2) is 14.5 Å². The zero-order chi connectivity index (χ0) is 12.4. The molecule has 0 atom stereocenters. The molecule has 3 heteroatoms. The molecule has 0 radical (unpaired) electrons. The fourth-order valence-corrected chi connectivity index (χ4v) is 2.32. The van der Waals surface area contributed by atoms with Crippen LogP contribution in [0.5, 0.6) is 0 Å². The van der Waals surface area contributed by atoms with Gasteiger partial charge >= 0.3 is 0 Å². The van der Waals surface area contributed by atoms with Gasteiger partial charge in [0.1, 0.15) is 5.82 Å². The number of aromatic nitrogens is 3. The van der Waals surface area contributed by atoms with Gasteiger partial charge in [-0.2, -0.15) is 0 Å². The second-order valence-corrected chi connectivity index (χ2v) is 4.32. The van der Waals surface area contributed by atoms with Gasteiger partial charge in [-0.3, -0.25) is 0 Å². The van der Waals surface area contributed by atoms with Crippen molar-refractivity contribution in [2.45, 2.75) is 19.9 Å². The normalized spacial score (nSPS) is 10.9. The van der Waals surface area contributed by atoms with Crippen molar-refractivity contribution >= 4 is 10.9 Å². The van der Waals surface area contributed by atoms with Crippen molar-refractivity contribution in [2.24, 2.45) is 0 Å². The van der Waals surface area contributed by atoms with Gasteiger partial charge < -0.3 is 4.57 Å². The minimum absolute atomic E-state index is 0.724. The first-order valence-corrected chi connectivity index (χ1v) is 6.21. The Morgan fingerprint density at radius 1 is 1.06 bits per heavy atom. The van der Waals surface area contributed by atoms with Crippen LogP contribution in [0, 0.1) is 0 Å². The minimum atomic E-state index is 0.724. The average Bonchev–Trinajstić information content (AvgIpc) is 2.83. The number of para-hydroxylation sites is 1. The van der Waals surface area contributed by atoms with E-state index in [0.29, 0.717) is 0 Å². The van der Waals surface area contributed by atoms with E-state index in [1.54, 1.807) is 12.4 Å². The quantitative estimate of drug-likeness (QED) is 0.701. The first-order chi connectivity index (χ1) is 8.88. The third-order valence-electron chi connectivity index (χ3n) is 3.18. The maximum Gasteiger partial charge on any atom is 0.147 e. The summed E-state index contributed by atoms with van der Waals surface area (Å²) in [7, 11) is 0. The Balaban J connectivity index is 2.07. The van der Waals surface area contributed by atoms with Crippen LogP contribution in [0.2, 0.25) is 0 Å². The largest absolute Gasteiger partial charge is 0.340 e. The number of rotatable bonds is 3. The number of aryl methyl sites for hydroxylation is 1. The van der Waals surface area contributed by atoms with Crippen LogP contribution in [0.1, 0.15) is 18.3 Å². The molecular weight excluding hydrogens is 222 g/mol. The lowest BCUT2D eigenvalue weighted by Crippen LogP contribution is -2.03. The summed E-state index contributed by atoms with van der Waals surface area (Å²) in [5, 5.41) is 1.28. The molecule has 3 aromatic rings. The summed E-state index contributed by atoms with van der Waals surface area (Å²) in [5.41, 5.74) is 2.67. The smallest absolute Gasteiger partial charge is 0.147 e. The molecule has 0 unspecified atom stereocenters. The van der Waals surface area contributed by atoms with E-state index in [-0.39, 0.29) is 0 Å². The van der Waals surface area contributed by atoms with E-state index in [4.69, 9.17) is 0 Å². The second kappa shape index (κ2) is 4.61. The second-order valence-electron chi connectivity index (χ2n) is 4.32. The zero-order valence-corrected chi connectivity index (χ0v) is 10.4. The van der Waals surface area contributed by atoms with Gasteiger partial charge in [-0.1, -0.05) is 25.1 Å².